The van der Waals surface area contributed by atoms with Gasteiger partial charge in [-0.05, 0) is 30.7 Å². The molecule has 2 rings (SSSR count). The summed E-state index contributed by atoms with van der Waals surface area (Å²) in [7, 11) is -3.40. The maximum atomic E-state index is 13.5. The van der Waals surface area contributed by atoms with Crippen molar-refractivity contribution >= 4 is 27.3 Å². The third-order valence-electron chi connectivity index (χ3n) is 2.53. The van der Waals surface area contributed by atoms with Crippen LogP contribution in [0.4, 0.5) is 21.7 Å². The summed E-state index contributed by atoms with van der Waals surface area (Å²) < 4.78 is 38.9. The van der Waals surface area contributed by atoms with Gasteiger partial charge in [0.15, 0.2) is 11.6 Å². The van der Waals surface area contributed by atoms with E-state index in [1.165, 1.54) is 18.2 Å². The van der Waals surface area contributed by atoms with Crippen LogP contribution in [0.3, 0.4) is 0 Å². The van der Waals surface area contributed by atoms with Crippen molar-refractivity contribution in [3.63, 3.8) is 0 Å². The van der Waals surface area contributed by atoms with Gasteiger partial charge in [-0.2, -0.15) is 0 Å². The maximum absolute atomic E-state index is 13.5. The highest BCUT2D eigenvalue weighted by Crippen LogP contribution is 2.18. The van der Waals surface area contributed by atoms with Gasteiger partial charge in [0, 0.05) is 0 Å². The van der Waals surface area contributed by atoms with Gasteiger partial charge in [-0.25, -0.2) is 12.8 Å². The molecule has 0 fully saturated rings. The molecule has 8 heteroatoms. The van der Waals surface area contributed by atoms with Crippen molar-refractivity contribution in [2.24, 2.45) is 0 Å². The van der Waals surface area contributed by atoms with Gasteiger partial charge < -0.3 is 5.32 Å². The predicted molar refractivity (Wildman–Crippen MR) is 79.4 cm³/mol. The van der Waals surface area contributed by atoms with Gasteiger partial charge >= 0.3 is 0 Å². The number of para-hydroxylation sites is 1. The molecule has 0 aliphatic heterocycles. The van der Waals surface area contributed by atoms with Gasteiger partial charge in [0.25, 0.3) is 0 Å². The molecule has 1 heterocycles. The highest BCUT2D eigenvalue weighted by molar-refractivity contribution is 7.92. The van der Waals surface area contributed by atoms with E-state index in [0.717, 1.165) is 0 Å². The van der Waals surface area contributed by atoms with E-state index in [-0.39, 0.29) is 17.3 Å². The molecule has 1 aromatic carbocycles. The summed E-state index contributed by atoms with van der Waals surface area (Å²) in [5.41, 5.74) is 0.270. The lowest BCUT2D eigenvalue weighted by Crippen LogP contribution is -2.17. The molecule has 6 nitrogen and oxygen atoms in total. The molecule has 0 saturated carbocycles. The quantitative estimate of drug-likeness (QED) is 0.856. The topological polar surface area (TPSA) is 84.0 Å². The van der Waals surface area contributed by atoms with Crippen molar-refractivity contribution in [3.8, 4) is 0 Å². The summed E-state index contributed by atoms with van der Waals surface area (Å²) in [6.45, 7) is 1.77. The summed E-state index contributed by atoms with van der Waals surface area (Å²) in [5, 5.41) is 10.3. The van der Waals surface area contributed by atoms with E-state index in [1.54, 1.807) is 25.1 Å². The number of nitrogens with zero attached hydrogens (tertiary/aromatic N) is 2. The molecule has 0 unspecified atom stereocenters. The predicted octanol–water partition coefficient (Wildman–Crippen LogP) is 2.51. The number of halogens is 1. The molecule has 0 bridgehead atoms. The van der Waals surface area contributed by atoms with Crippen LogP contribution in [0.5, 0.6) is 0 Å². The van der Waals surface area contributed by atoms with Crippen LogP contribution in [-0.2, 0) is 10.0 Å². The number of anilines is 3. The molecular formula is C13H15FN4O2S. The first-order chi connectivity index (χ1) is 10.00. The monoisotopic (exact) mass is 310 g/mol. The van der Waals surface area contributed by atoms with Gasteiger partial charge in [0.05, 0.1) is 11.4 Å². The van der Waals surface area contributed by atoms with Crippen LogP contribution in [0, 0.1) is 5.82 Å². The molecule has 0 atom stereocenters. The third-order valence-corrected chi connectivity index (χ3v) is 4.00. The minimum absolute atomic E-state index is 0.0178. The fraction of sp³-hybridized carbons (Fsp3) is 0.231. The second kappa shape index (κ2) is 6.49. The molecule has 0 saturated heterocycles. The molecule has 2 aromatic rings. The molecular weight excluding hydrogens is 295 g/mol. The molecule has 0 radical (unpaired) electrons. The Balaban J connectivity index is 2.08. The zero-order valence-corrected chi connectivity index (χ0v) is 12.2. The van der Waals surface area contributed by atoms with Gasteiger partial charge in [-0.1, -0.05) is 19.1 Å². The van der Waals surface area contributed by atoms with Crippen LogP contribution >= 0.6 is 0 Å². The van der Waals surface area contributed by atoms with Gasteiger partial charge in [0.1, 0.15) is 5.82 Å². The van der Waals surface area contributed by atoms with Gasteiger partial charge in [-0.15, -0.1) is 10.2 Å². The molecule has 21 heavy (non-hydrogen) atoms. The first kappa shape index (κ1) is 15.2. The highest BCUT2D eigenvalue weighted by Gasteiger charge is 2.10. The summed E-state index contributed by atoms with van der Waals surface area (Å²) >= 11 is 0. The number of sulfonamides is 1. The molecule has 1 aromatic heterocycles. The van der Waals surface area contributed by atoms with Crippen LogP contribution in [0.15, 0.2) is 36.4 Å². The van der Waals surface area contributed by atoms with Crippen LogP contribution < -0.4 is 10.0 Å². The third kappa shape index (κ3) is 4.38. The molecule has 0 aliphatic rings. The van der Waals surface area contributed by atoms with Crippen molar-refractivity contribution in [2.45, 2.75) is 13.3 Å². The SMILES string of the molecule is CCCS(=O)(=O)Nc1ccc(Nc2ccccc2F)nn1. The Morgan fingerprint density at radius 2 is 1.76 bits per heavy atom. The summed E-state index contributed by atoms with van der Waals surface area (Å²) in [6, 6.07) is 9.13. The normalized spacial score (nSPS) is 11.1. The number of hydrogen-bond donors (Lipinski definition) is 2. The van der Waals surface area contributed by atoms with Crippen molar-refractivity contribution in [2.75, 3.05) is 15.8 Å². The summed E-state index contributed by atoms with van der Waals surface area (Å²) in [5.74, 6) is 0.0530. The Morgan fingerprint density at radius 1 is 1.10 bits per heavy atom. The lowest BCUT2D eigenvalue weighted by Gasteiger charge is -2.08. The highest BCUT2D eigenvalue weighted by atomic mass is 32.2. The zero-order chi connectivity index (χ0) is 15.3. The first-order valence-electron chi connectivity index (χ1n) is 6.36. The fourth-order valence-electron chi connectivity index (χ4n) is 1.63. The average molecular weight is 310 g/mol. The summed E-state index contributed by atoms with van der Waals surface area (Å²) in [6.07, 6.45) is 0.510. The number of aromatic nitrogens is 2. The van der Waals surface area contributed by atoms with Crippen molar-refractivity contribution in [1.29, 1.82) is 0 Å². The first-order valence-corrected chi connectivity index (χ1v) is 8.01. The van der Waals surface area contributed by atoms with Gasteiger partial charge in [0.2, 0.25) is 10.0 Å². The fourth-order valence-corrected chi connectivity index (χ4v) is 2.70. The summed E-state index contributed by atoms with van der Waals surface area (Å²) in [4.78, 5) is 0. The van der Waals surface area contributed by atoms with Crippen LogP contribution in [-0.4, -0.2) is 24.4 Å². The van der Waals surface area contributed by atoms with E-state index in [0.29, 0.717) is 12.2 Å². The lowest BCUT2D eigenvalue weighted by atomic mass is 10.3. The van der Waals surface area contributed by atoms with Crippen molar-refractivity contribution in [3.05, 3.63) is 42.2 Å². The zero-order valence-electron chi connectivity index (χ0n) is 11.4. The van der Waals surface area contributed by atoms with Crippen LogP contribution in [0.25, 0.3) is 0 Å². The second-order valence-electron chi connectivity index (χ2n) is 4.33. The van der Waals surface area contributed by atoms with Crippen LogP contribution in [0.1, 0.15) is 13.3 Å². The maximum Gasteiger partial charge on any atom is 0.233 e. The Kier molecular flexibility index (Phi) is 4.69. The molecule has 0 amide bonds. The number of hydrogen-bond acceptors (Lipinski definition) is 5. The Hall–Kier alpha value is -2.22. The number of nitrogens with one attached hydrogen (secondary N) is 2. The minimum atomic E-state index is -3.40. The van der Waals surface area contributed by atoms with Crippen molar-refractivity contribution < 1.29 is 12.8 Å². The smallest absolute Gasteiger partial charge is 0.233 e. The molecule has 2 N–H and O–H groups in total. The van der Waals surface area contributed by atoms with Gasteiger partial charge in [-0.3, -0.25) is 4.72 Å². The van der Waals surface area contributed by atoms with Crippen molar-refractivity contribution in [1.82, 2.24) is 10.2 Å². The molecule has 0 spiro atoms. The Bertz CT molecular complexity index is 704. The minimum Gasteiger partial charge on any atom is -0.336 e. The Labute approximate surface area is 122 Å². The van der Waals surface area contributed by atoms with E-state index in [2.05, 4.69) is 20.2 Å². The van der Waals surface area contributed by atoms with E-state index in [9.17, 15) is 12.8 Å². The van der Waals surface area contributed by atoms with E-state index in [4.69, 9.17) is 0 Å². The number of rotatable bonds is 6. The number of benzene rings is 1. The van der Waals surface area contributed by atoms with Crippen LogP contribution in [0.2, 0.25) is 0 Å². The van der Waals surface area contributed by atoms with E-state index < -0.39 is 15.8 Å². The van der Waals surface area contributed by atoms with E-state index >= 15 is 0 Å². The lowest BCUT2D eigenvalue weighted by molar-refractivity contribution is 0.599. The molecule has 112 valence electrons. The molecule has 0 aliphatic carbocycles. The standard InChI is InChI=1S/C13H15FN4O2S/c1-2-9-21(19,20)18-13-8-7-12(16-17-13)15-11-6-4-3-5-10(11)14/h3-8H,2,9H2,1H3,(H,15,16)(H,17,18). The largest absolute Gasteiger partial charge is 0.336 e. The Morgan fingerprint density at radius 3 is 2.38 bits per heavy atom. The van der Waals surface area contributed by atoms with E-state index in [1.807, 2.05) is 0 Å². The average Bonchev–Trinajstić information content (AvgIpc) is 2.43. The second-order valence-corrected chi connectivity index (χ2v) is 6.17.